The number of hydrogen-bond donors (Lipinski definition) is 0. The van der Waals surface area contributed by atoms with Gasteiger partial charge in [0.15, 0.2) is 0 Å². The van der Waals surface area contributed by atoms with Crippen LogP contribution in [0, 0.1) is 13.0 Å². The molecule has 6 rings (SSSR count). The Labute approximate surface area is 261 Å². The Bertz CT molecular complexity index is 1620. The van der Waals surface area contributed by atoms with Crippen molar-refractivity contribution in [3.05, 3.63) is 113 Å². The van der Waals surface area contributed by atoms with Crippen LogP contribution in [0.5, 0.6) is 0 Å². The van der Waals surface area contributed by atoms with E-state index in [1.807, 2.05) is 31.2 Å². The molecular weight excluding hydrogens is 689 g/mol. The quantitative estimate of drug-likeness (QED) is 0.0955. The van der Waals surface area contributed by atoms with Crippen LogP contribution in [-0.4, -0.2) is 9.52 Å². The molecule has 1 aliphatic heterocycles. The molecule has 0 aromatic heterocycles. The molecule has 0 amide bonds. The average molecular weight is 711 g/mol. The summed E-state index contributed by atoms with van der Waals surface area (Å²) in [6.45, 7) is 3.62. The molecular formula is C32H22Cl2F6SiZr. The van der Waals surface area contributed by atoms with Crippen LogP contribution in [0.25, 0.3) is 33.0 Å². The summed E-state index contributed by atoms with van der Waals surface area (Å²) in [5.41, 5.74) is 2.08. The van der Waals surface area contributed by atoms with Crippen LogP contribution >= 0.6 is 17.0 Å². The van der Waals surface area contributed by atoms with Crippen molar-refractivity contribution >= 4 is 47.7 Å². The van der Waals surface area contributed by atoms with Crippen LogP contribution in [0.2, 0.25) is 0 Å². The van der Waals surface area contributed by atoms with E-state index in [4.69, 9.17) is 17.0 Å². The zero-order valence-electron chi connectivity index (χ0n) is 22.3. The Morgan fingerprint density at radius 3 is 2.07 bits per heavy atom. The number of fused-ring (bicyclic) bond motifs is 4. The number of halogens is 8. The maximum absolute atomic E-state index is 13.2. The van der Waals surface area contributed by atoms with Gasteiger partial charge in [0.05, 0.1) is 20.6 Å². The molecule has 0 saturated carbocycles. The average Bonchev–Trinajstić information content (AvgIpc) is 3.54. The van der Waals surface area contributed by atoms with E-state index in [0.29, 0.717) is 16.5 Å². The molecule has 0 unspecified atom stereocenters. The molecule has 1 aliphatic rings. The summed E-state index contributed by atoms with van der Waals surface area (Å²) in [7, 11) is 10.7. The van der Waals surface area contributed by atoms with E-state index in [0.717, 1.165) is 39.0 Å². The second-order valence-electron chi connectivity index (χ2n) is 9.47. The van der Waals surface area contributed by atoms with Crippen LogP contribution in [0.15, 0.2) is 84.9 Å². The van der Waals surface area contributed by atoms with Crippen molar-refractivity contribution < 1.29 is 47.2 Å². The van der Waals surface area contributed by atoms with Crippen LogP contribution < -0.4 is 10.4 Å². The van der Waals surface area contributed by atoms with Crippen molar-refractivity contribution in [1.82, 2.24) is 0 Å². The fraction of sp³-hybridized carbons (Fsp3) is 0.156. The Morgan fingerprint density at radius 1 is 0.833 bits per heavy atom. The fourth-order valence-electron chi connectivity index (χ4n) is 4.87. The third-order valence-corrected chi connectivity index (χ3v) is 8.14. The maximum atomic E-state index is 13.2. The van der Waals surface area contributed by atoms with Crippen LogP contribution in [0.4, 0.5) is 26.3 Å². The van der Waals surface area contributed by atoms with Crippen molar-refractivity contribution in [2.75, 3.05) is 0 Å². The van der Waals surface area contributed by atoms with Crippen LogP contribution in [0.1, 0.15) is 29.2 Å². The normalized spacial score (nSPS) is 12.0. The molecule has 0 saturated heterocycles. The Kier molecular flexibility index (Phi) is 10.6. The predicted molar refractivity (Wildman–Crippen MR) is 157 cm³/mol. The number of hydrogen-bond acceptors (Lipinski definition) is 0. The van der Waals surface area contributed by atoms with Gasteiger partial charge >= 0.3 is 50.2 Å². The van der Waals surface area contributed by atoms with Gasteiger partial charge in [-0.25, -0.2) is 0 Å². The predicted octanol–water partition coefficient (Wildman–Crippen LogP) is 9.63. The van der Waals surface area contributed by atoms with E-state index in [1.165, 1.54) is 21.5 Å². The third kappa shape index (κ3) is 7.45. The first kappa shape index (κ1) is 32.7. The summed E-state index contributed by atoms with van der Waals surface area (Å²) in [5, 5.41) is 4.28. The summed E-state index contributed by atoms with van der Waals surface area (Å²) in [4.78, 5) is 0. The second kappa shape index (κ2) is 13.6. The van der Waals surface area contributed by atoms with E-state index in [9.17, 15) is 26.3 Å². The monoisotopic (exact) mass is 708 g/mol. The van der Waals surface area contributed by atoms with Gasteiger partial charge in [0, 0.05) is 0 Å². The largest absolute Gasteiger partial charge is 0.184 e. The molecule has 214 valence electrons. The first-order valence-electron chi connectivity index (χ1n) is 12.7. The van der Waals surface area contributed by atoms with E-state index in [1.54, 1.807) is 13.0 Å². The first-order chi connectivity index (χ1) is 19.9. The smallest absolute Gasteiger partial charge is 0.0920 e. The summed E-state index contributed by atoms with van der Waals surface area (Å²) < 4.78 is 78.9. The SMILES string of the molecule is CCc1cc2c(-c3cc(C(F)(F)F)cc(C(F)(F)F)c3)c(C)ccc2[cH-]1.[Cl][Zr+2][Cl].[c-]1cccc2c1[Si]c1ccccc1-2. The van der Waals surface area contributed by atoms with Gasteiger partial charge in [0.2, 0.25) is 0 Å². The number of aryl methyl sites for hydroxylation is 2. The molecule has 1 heterocycles. The van der Waals surface area contributed by atoms with E-state index in [2.05, 4.69) is 42.5 Å². The molecule has 0 nitrogen and oxygen atoms in total. The number of rotatable bonds is 2. The molecule has 42 heavy (non-hydrogen) atoms. The standard InChI is InChI=1S/C20H15F6.C12H7Si.2ClH.Zr/c1-3-12-6-13-5-4-11(2)18(17(13)7-12)14-8-15(19(21,22)23)10-16(9-14)20(24,25)26;1-3-7-11-9(5-1)10-6-2-4-8-12(10)13-11;;;/h4-10H,3H2,1-2H3;1-7H;2*1H;/q2*-1;;;+4/p-2. The molecule has 0 aliphatic carbocycles. The molecule has 0 fully saturated rings. The Morgan fingerprint density at radius 2 is 1.45 bits per heavy atom. The van der Waals surface area contributed by atoms with Crippen molar-refractivity contribution in [2.45, 2.75) is 32.6 Å². The minimum absolute atomic E-state index is 0.0801. The maximum Gasteiger partial charge on any atom is 0.0920 e. The van der Waals surface area contributed by atoms with Gasteiger partial charge in [-0.15, -0.1) is 40.1 Å². The van der Waals surface area contributed by atoms with Gasteiger partial charge in [0.25, 0.3) is 0 Å². The van der Waals surface area contributed by atoms with Gasteiger partial charge in [-0.05, 0) is 37.1 Å². The topological polar surface area (TPSA) is 0 Å². The van der Waals surface area contributed by atoms with Crippen molar-refractivity contribution in [3.63, 3.8) is 0 Å². The van der Waals surface area contributed by atoms with Gasteiger partial charge in [-0.2, -0.15) is 61.9 Å². The molecule has 0 atom stereocenters. The molecule has 0 spiro atoms. The van der Waals surface area contributed by atoms with E-state index < -0.39 is 44.3 Å². The summed E-state index contributed by atoms with van der Waals surface area (Å²) in [6, 6.07) is 27.2. The molecule has 0 bridgehead atoms. The summed E-state index contributed by atoms with van der Waals surface area (Å²) >= 11 is -0.826. The Hall–Kier alpha value is -2.25. The molecule has 2 radical (unpaired) electrons. The van der Waals surface area contributed by atoms with Crippen molar-refractivity contribution in [2.24, 2.45) is 0 Å². The van der Waals surface area contributed by atoms with Crippen molar-refractivity contribution in [3.8, 4) is 22.3 Å². The molecule has 10 heteroatoms. The van der Waals surface area contributed by atoms with Gasteiger partial charge in [-0.3, -0.25) is 0 Å². The second-order valence-corrected chi connectivity index (χ2v) is 14.5. The van der Waals surface area contributed by atoms with E-state index in [-0.39, 0.29) is 11.6 Å². The first-order valence-corrected chi connectivity index (χ1v) is 20.0. The van der Waals surface area contributed by atoms with Gasteiger partial charge in [0.1, 0.15) is 0 Å². The zero-order valence-corrected chi connectivity index (χ0v) is 27.3. The van der Waals surface area contributed by atoms with Crippen LogP contribution in [-0.2, 0) is 39.6 Å². The number of alkyl halides is 6. The molecule has 5 aromatic rings. The summed E-state index contributed by atoms with van der Waals surface area (Å²) in [5.74, 6) is 0. The minimum Gasteiger partial charge on any atom is -0.184 e. The minimum atomic E-state index is -4.86. The zero-order chi connectivity index (χ0) is 30.7. The number of benzene rings is 4. The van der Waals surface area contributed by atoms with Crippen LogP contribution in [0.3, 0.4) is 0 Å². The van der Waals surface area contributed by atoms with Gasteiger partial charge in [-0.1, -0.05) is 53.1 Å². The van der Waals surface area contributed by atoms with Gasteiger partial charge < -0.3 is 0 Å². The van der Waals surface area contributed by atoms with Crippen molar-refractivity contribution in [1.29, 1.82) is 0 Å². The fourth-order valence-corrected chi connectivity index (χ4v) is 6.18. The Balaban J connectivity index is 0.000000209. The molecule has 5 aromatic carbocycles. The molecule has 0 N–H and O–H groups in total. The van der Waals surface area contributed by atoms with E-state index >= 15 is 0 Å². The summed E-state index contributed by atoms with van der Waals surface area (Å²) in [6.07, 6.45) is -9.00. The third-order valence-electron chi connectivity index (χ3n) is 6.78.